The summed E-state index contributed by atoms with van der Waals surface area (Å²) >= 11 is 12.5. The second kappa shape index (κ2) is 9.98. The van der Waals surface area contributed by atoms with Gasteiger partial charge in [-0.2, -0.15) is 5.10 Å². The van der Waals surface area contributed by atoms with Gasteiger partial charge in [0.15, 0.2) is 13.5 Å². The summed E-state index contributed by atoms with van der Waals surface area (Å²) in [5.41, 5.74) is 1.13. The van der Waals surface area contributed by atoms with Gasteiger partial charge in [-0.15, -0.1) is 0 Å². The minimum absolute atomic E-state index is 0.273. The van der Waals surface area contributed by atoms with Gasteiger partial charge in [-0.1, -0.05) is 44.0 Å². The Morgan fingerprint density at radius 3 is 2.19 bits per heavy atom. The van der Waals surface area contributed by atoms with E-state index in [1.54, 1.807) is 0 Å². The van der Waals surface area contributed by atoms with E-state index in [-0.39, 0.29) is 5.15 Å². The third-order valence-electron chi connectivity index (χ3n) is 4.94. The summed E-state index contributed by atoms with van der Waals surface area (Å²) in [6.45, 7) is 7.10. The van der Waals surface area contributed by atoms with Crippen molar-refractivity contribution < 1.29 is 13.2 Å². The monoisotopic (exact) mass is 435 g/mol. The van der Waals surface area contributed by atoms with Gasteiger partial charge in [-0.05, 0) is 35.8 Å². The van der Waals surface area contributed by atoms with Crippen LogP contribution in [0.25, 0.3) is 0 Å². The summed E-state index contributed by atoms with van der Waals surface area (Å²) in [7, 11) is -1.95. The molecule has 2 N–H and O–H groups in total. The molecule has 1 atom stereocenters. The molecule has 0 saturated carbocycles. The van der Waals surface area contributed by atoms with Crippen molar-refractivity contribution in [3.8, 4) is 0 Å². The standard InChI is InChI=1S/C18H25Cl2F2N3OSi/c1-4-27(5-2,6-3)26-15(16-17(19)24-25-18(16)20)11-23-10-12-7-13(21)9-14(22)8-12/h7-9,15,23H,4-6,10-11H2,1-3H3,(H,24,25). The SMILES string of the molecule is CC[Si](CC)(CC)OC(CNCc1cc(F)cc(F)c1)c1c(Cl)n[nH]c1Cl. The summed E-state index contributed by atoms with van der Waals surface area (Å²) in [6.07, 6.45) is -0.395. The number of nitrogens with one attached hydrogen (secondary N) is 2. The topological polar surface area (TPSA) is 49.9 Å². The van der Waals surface area contributed by atoms with E-state index in [0.717, 1.165) is 24.2 Å². The van der Waals surface area contributed by atoms with Crippen molar-refractivity contribution >= 4 is 31.5 Å². The highest BCUT2D eigenvalue weighted by Gasteiger charge is 2.34. The number of rotatable bonds is 10. The van der Waals surface area contributed by atoms with Crippen molar-refractivity contribution in [1.29, 1.82) is 0 Å². The van der Waals surface area contributed by atoms with Crippen molar-refractivity contribution in [2.75, 3.05) is 6.54 Å². The second-order valence-corrected chi connectivity index (χ2v) is 12.0. The molecule has 9 heteroatoms. The first-order valence-corrected chi connectivity index (χ1v) is 12.4. The molecule has 0 amide bonds. The molecule has 1 aromatic carbocycles. The molecule has 2 rings (SSSR count). The molecule has 0 fully saturated rings. The van der Waals surface area contributed by atoms with Crippen LogP contribution in [0.3, 0.4) is 0 Å². The zero-order valence-electron chi connectivity index (χ0n) is 15.7. The maximum Gasteiger partial charge on any atom is 0.192 e. The molecule has 0 spiro atoms. The average molecular weight is 436 g/mol. The van der Waals surface area contributed by atoms with Crippen molar-refractivity contribution in [2.45, 2.75) is 51.6 Å². The van der Waals surface area contributed by atoms with Crippen LogP contribution in [-0.2, 0) is 11.0 Å². The highest BCUT2D eigenvalue weighted by Crippen LogP contribution is 2.35. The zero-order valence-corrected chi connectivity index (χ0v) is 18.2. The summed E-state index contributed by atoms with van der Waals surface area (Å²) in [5, 5.41) is 10.4. The molecule has 1 unspecified atom stereocenters. The lowest BCUT2D eigenvalue weighted by Crippen LogP contribution is -2.39. The van der Waals surface area contributed by atoms with Gasteiger partial charge in [-0.25, -0.2) is 8.78 Å². The van der Waals surface area contributed by atoms with Crippen molar-refractivity contribution in [2.24, 2.45) is 0 Å². The Kier molecular flexibility index (Phi) is 8.24. The molecule has 0 aliphatic carbocycles. The minimum atomic E-state index is -1.95. The summed E-state index contributed by atoms with van der Waals surface area (Å²) in [4.78, 5) is 0. The highest BCUT2D eigenvalue weighted by molar-refractivity contribution is 6.73. The first-order chi connectivity index (χ1) is 12.8. The minimum Gasteiger partial charge on any atom is -0.408 e. The Balaban J connectivity index is 2.17. The number of hydrogen-bond donors (Lipinski definition) is 2. The molecule has 0 aliphatic rings. The van der Waals surface area contributed by atoms with Crippen molar-refractivity contribution in [3.05, 3.63) is 51.3 Å². The summed E-state index contributed by atoms with van der Waals surface area (Å²) < 4.78 is 33.3. The first kappa shape index (κ1) is 22.3. The van der Waals surface area contributed by atoms with Crippen LogP contribution in [0.5, 0.6) is 0 Å². The molecule has 0 bridgehead atoms. The lowest BCUT2D eigenvalue weighted by atomic mass is 10.2. The average Bonchev–Trinajstić information content (AvgIpc) is 2.96. The number of aromatic amines is 1. The van der Waals surface area contributed by atoms with Crippen molar-refractivity contribution in [1.82, 2.24) is 15.5 Å². The van der Waals surface area contributed by atoms with E-state index in [9.17, 15) is 8.78 Å². The maximum atomic E-state index is 13.4. The second-order valence-electron chi connectivity index (χ2n) is 6.50. The van der Waals surface area contributed by atoms with Crippen LogP contribution in [0.15, 0.2) is 18.2 Å². The highest BCUT2D eigenvalue weighted by atomic mass is 35.5. The zero-order chi connectivity index (χ0) is 20.0. The van der Waals surface area contributed by atoms with Crippen LogP contribution in [0, 0.1) is 11.6 Å². The fraction of sp³-hybridized carbons (Fsp3) is 0.500. The predicted octanol–water partition coefficient (Wildman–Crippen LogP) is 5.85. The normalized spacial score (nSPS) is 13.1. The van der Waals surface area contributed by atoms with Gasteiger partial charge in [0.05, 0.1) is 11.7 Å². The molecular formula is C18H25Cl2F2N3OSi. The van der Waals surface area contributed by atoms with Crippen LogP contribution in [-0.4, -0.2) is 25.1 Å². The number of halogens is 4. The Morgan fingerprint density at radius 1 is 1.11 bits per heavy atom. The maximum absolute atomic E-state index is 13.4. The van der Waals surface area contributed by atoms with Crippen LogP contribution >= 0.6 is 23.2 Å². The van der Waals surface area contributed by atoms with E-state index in [4.69, 9.17) is 27.6 Å². The fourth-order valence-electron chi connectivity index (χ4n) is 3.15. The molecule has 2 aromatic rings. The number of H-pyrrole nitrogens is 1. The van der Waals surface area contributed by atoms with Gasteiger partial charge in [0.25, 0.3) is 0 Å². The Morgan fingerprint density at radius 2 is 1.70 bits per heavy atom. The number of nitrogens with zero attached hydrogens (tertiary/aromatic N) is 1. The number of aromatic nitrogens is 2. The Hall–Kier alpha value is -0.993. The van der Waals surface area contributed by atoms with Gasteiger partial charge in [0, 0.05) is 19.2 Å². The third kappa shape index (κ3) is 5.74. The lowest BCUT2D eigenvalue weighted by molar-refractivity contribution is 0.186. The quantitative estimate of drug-likeness (QED) is 0.460. The molecule has 4 nitrogen and oxygen atoms in total. The molecule has 27 heavy (non-hydrogen) atoms. The largest absolute Gasteiger partial charge is 0.408 e. The van der Waals surface area contributed by atoms with E-state index in [2.05, 4.69) is 36.3 Å². The third-order valence-corrected chi connectivity index (χ3v) is 10.2. The van der Waals surface area contributed by atoms with E-state index in [1.807, 2.05) is 0 Å². The Labute approximate surface area is 169 Å². The summed E-state index contributed by atoms with van der Waals surface area (Å²) in [6, 6.07) is 6.36. The molecule has 150 valence electrons. The smallest absolute Gasteiger partial charge is 0.192 e. The van der Waals surface area contributed by atoms with Gasteiger partial charge >= 0.3 is 0 Å². The van der Waals surface area contributed by atoms with E-state index in [0.29, 0.717) is 29.4 Å². The van der Waals surface area contributed by atoms with Crippen LogP contribution in [0.1, 0.15) is 38.0 Å². The van der Waals surface area contributed by atoms with E-state index < -0.39 is 26.1 Å². The van der Waals surface area contributed by atoms with Crippen molar-refractivity contribution in [3.63, 3.8) is 0 Å². The van der Waals surface area contributed by atoms with Gasteiger partial charge in [0.1, 0.15) is 16.8 Å². The molecule has 0 saturated heterocycles. The molecule has 1 aromatic heterocycles. The molecule has 0 aliphatic heterocycles. The number of benzene rings is 1. The fourth-order valence-corrected chi connectivity index (χ4v) is 6.51. The molecule has 1 heterocycles. The Bertz CT molecular complexity index is 708. The first-order valence-electron chi connectivity index (χ1n) is 9.06. The van der Waals surface area contributed by atoms with Gasteiger partial charge in [0.2, 0.25) is 0 Å². The molecule has 0 radical (unpaired) electrons. The van der Waals surface area contributed by atoms with E-state index in [1.165, 1.54) is 12.1 Å². The van der Waals surface area contributed by atoms with Crippen LogP contribution < -0.4 is 5.32 Å². The number of hydrogen-bond acceptors (Lipinski definition) is 3. The predicted molar refractivity (Wildman–Crippen MR) is 108 cm³/mol. The van der Waals surface area contributed by atoms with Gasteiger partial charge in [-0.3, -0.25) is 5.10 Å². The van der Waals surface area contributed by atoms with Gasteiger partial charge < -0.3 is 9.74 Å². The van der Waals surface area contributed by atoms with Crippen LogP contribution in [0.4, 0.5) is 8.78 Å². The lowest BCUT2D eigenvalue weighted by Gasteiger charge is -2.33. The van der Waals surface area contributed by atoms with E-state index >= 15 is 0 Å². The summed E-state index contributed by atoms with van der Waals surface area (Å²) in [5.74, 6) is -1.20. The molecular weight excluding hydrogens is 411 g/mol. The van der Waals surface area contributed by atoms with Crippen LogP contribution in [0.2, 0.25) is 28.4 Å².